The van der Waals surface area contributed by atoms with Crippen molar-refractivity contribution in [3.05, 3.63) is 0 Å². The van der Waals surface area contributed by atoms with E-state index in [1.165, 1.54) is 12.8 Å². The highest BCUT2D eigenvalue weighted by Crippen LogP contribution is 2.32. The van der Waals surface area contributed by atoms with Gasteiger partial charge in [0.25, 0.3) is 0 Å². The lowest BCUT2D eigenvalue weighted by Gasteiger charge is -2.29. The smallest absolute Gasteiger partial charge is 0.136 e. The molecule has 0 spiro atoms. The van der Waals surface area contributed by atoms with Crippen LogP contribution in [0.2, 0.25) is 0 Å². The zero-order chi connectivity index (χ0) is 11.5. The number of carbonyl (C=O) groups is 1. The Hall–Kier alpha value is -0.370. The number of rotatable bonds is 5. The van der Waals surface area contributed by atoms with E-state index in [4.69, 9.17) is 0 Å². The molecule has 0 amide bonds. The number of ketones is 1. The molecule has 0 aromatic heterocycles. The van der Waals surface area contributed by atoms with E-state index < -0.39 is 0 Å². The standard InChI is InChI=1S/C14H25NO/c1-3-10(4-2)7-14(16)11-8-12-5-6-13(9-11)15-12/h10-13,15H,3-9H2,1-2H3. The van der Waals surface area contributed by atoms with Crippen molar-refractivity contribution in [2.24, 2.45) is 11.8 Å². The lowest BCUT2D eigenvalue weighted by molar-refractivity contribution is -0.125. The zero-order valence-electron chi connectivity index (χ0n) is 10.7. The van der Waals surface area contributed by atoms with Crippen LogP contribution in [0.15, 0.2) is 0 Å². The fraction of sp³-hybridized carbons (Fsp3) is 0.929. The third-order valence-electron chi connectivity index (χ3n) is 4.57. The van der Waals surface area contributed by atoms with Crippen molar-refractivity contribution in [1.29, 1.82) is 0 Å². The maximum atomic E-state index is 12.2. The van der Waals surface area contributed by atoms with Gasteiger partial charge in [-0.25, -0.2) is 0 Å². The number of fused-ring (bicyclic) bond motifs is 2. The predicted molar refractivity (Wildman–Crippen MR) is 66.4 cm³/mol. The average molecular weight is 223 g/mol. The minimum Gasteiger partial charge on any atom is -0.311 e. The van der Waals surface area contributed by atoms with Gasteiger partial charge in [-0.3, -0.25) is 4.79 Å². The normalized spacial score (nSPS) is 33.3. The van der Waals surface area contributed by atoms with Crippen molar-refractivity contribution in [2.75, 3.05) is 0 Å². The molecule has 0 radical (unpaired) electrons. The Bertz CT molecular complexity index is 235. The maximum absolute atomic E-state index is 12.2. The Kier molecular flexibility index (Phi) is 4.01. The average Bonchev–Trinajstić information content (AvgIpc) is 2.64. The monoisotopic (exact) mass is 223 g/mol. The molecule has 92 valence electrons. The largest absolute Gasteiger partial charge is 0.311 e. The summed E-state index contributed by atoms with van der Waals surface area (Å²) in [4.78, 5) is 12.2. The molecule has 2 atom stereocenters. The topological polar surface area (TPSA) is 29.1 Å². The Morgan fingerprint density at radius 1 is 1.19 bits per heavy atom. The summed E-state index contributed by atoms with van der Waals surface area (Å²) in [5.41, 5.74) is 0. The second-order valence-corrected chi connectivity index (χ2v) is 5.66. The summed E-state index contributed by atoms with van der Waals surface area (Å²) in [6, 6.07) is 1.30. The van der Waals surface area contributed by atoms with Gasteiger partial charge in [-0.05, 0) is 31.6 Å². The summed E-state index contributed by atoms with van der Waals surface area (Å²) in [7, 11) is 0. The minimum absolute atomic E-state index is 0.374. The van der Waals surface area contributed by atoms with Crippen LogP contribution in [-0.4, -0.2) is 17.9 Å². The molecule has 2 unspecified atom stereocenters. The van der Waals surface area contributed by atoms with E-state index in [1.807, 2.05) is 0 Å². The first kappa shape index (κ1) is 12.1. The van der Waals surface area contributed by atoms with Gasteiger partial charge in [-0.15, -0.1) is 0 Å². The highest BCUT2D eigenvalue weighted by molar-refractivity contribution is 5.81. The fourth-order valence-corrected chi connectivity index (χ4v) is 3.35. The Morgan fingerprint density at radius 2 is 1.75 bits per heavy atom. The Labute approximate surface area is 99.2 Å². The van der Waals surface area contributed by atoms with Crippen LogP contribution in [0.3, 0.4) is 0 Å². The summed E-state index contributed by atoms with van der Waals surface area (Å²) in [5, 5.41) is 3.60. The molecule has 2 rings (SSSR count). The van der Waals surface area contributed by atoms with Gasteiger partial charge in [0.1, 0.15) is 5.78 Å². The molecule has 0 aromatic carbocycles. The van der Waals surface area contributed by atoms with Crippen molar-refractivity contribution in [1.82, 2.24) is 5.32 Å². The van der Waals surface area contributed by atoms with Gasteiger partial charge >= 0.3 is 0 Å². The minimum atomic E-state index is 0.374. The molecule has 2 aliphatic heterocycles. The molecule has 2 nitrogen and oxygen atoms in total. The molecule has 0 aliphatic carbocycles. The summed E-state index contributed by atoms with van der Waals surface area (Å²) in [6.07, 6.45) is 7.93. The van der Waals surface area contributed by atoms with E-state index in [9.17, 15) is 4.79 Å². The van der Waals surface area contributed by atoms with E-state index >= 15 is 0 Å². The molecule has 2 heterocycles. The van der Waals surface area contributed by atoms with Crippen molar-refractivity contribution in [3.63, 3.8) is 0 Å². The van der Waals surface area contributed by atoms with Crippen LogP contribution in [0, 0.1) is 11.8 Å². The Morgan fingerprint density at radius 3 is 2.25 bits per heavy atom. The van der Waals surface area contributed by atoms with Crippen LogP contribution in [0.1, 0.15) is 58.8 Å². The van der Waals surface area contributed by atoms with Crippen LogP contribution in [0.4, 0.5) is 0 Å². The van der Waals surface area contributed by atoms with E-state index in [0.29, 0.717) is 29.7 Å². The van der Waals surface area contributed by atoms with Crippen molar-refractivity contribution < 1.29 is 4.79 Å². The molecule has 2 heteroatoms. The first-order chi connectivity index (χ1) is 7.72. The number of nitrogens with one attached hydrogen (secondary N) is 1. The molecule has 2 saturated heterocycles. The van der Waals surface area contributed by atoms with Crippen LogP contribution < -0.4 is 5.32 Å². The number of hydrogen-bond acceptors (Lipinski definition) is 2. The van der Waals surface area contributed by atoms with Crippen molar-refractivity contribution in [3.8, 4) is 0 Å². The molecule has 0 saturated carbocycles. The van der Waals surface area contributed by atoms with E-state index in [1.54, 1.807) is 0 Å². The number of hydrogen-bond donors (Lipinski definition) is 1. The number of carbonyl (C=O) groups excluding carboxylic acids is 1. The van der Waals surface area contributed by atoms with Gasteiger partial charge in [-0.2, -0.15) is 0 Å². The fourth-order valence-electron chi connectivity index (χ4n) is 3.35. The van der Waals surface area contributed by atoms with Gasteiger partial charge in [0, 0.05) is 24.4 Å². The Balaban J connectivity index is 1.85. The first-order valence-corrected chi connectivity index (χ1v) is 7.01. The molecule has 16 heavy (non-hydrogen) atoms. The van der Waals surface area contributed by atoms with E-state index in [0.717, 1.165) is 32.1 Å². The zero-order valence-corrected chi connectivity index (χ0v) is 10.7. The second kappa shape index (κ2) is 5.31. The third kappa shape index (κ3) is 2.65. The predicted octanol–water partition coefficient (Wildman–Crippen LogP) is 2.91. The van der Waals surface area contributed by atoms with Crippen molar-refractivity contribution >= 4 is 5.78 Å². The second-order valence-electron chi connectivity index (χ2n) is 5.66. The third-order valence-corrected chi connectivity index (χ3v) is 4.57. The highest BCUT2D eigenvalue weighted by Gasteiger charge is 2.36. The summed E-state index contributed by atoms with van der Waals surface area (Å²) in [5.74, 6) is 1.55. The van der Waals surface area contributed by atoms with Gasteiger partial charge in [0.15, 0.2) is 0 Å². The molecular formula is C14H25NO. The van der Waals surface area contributed by atoms with Gasteiger partial charge in [-0.1, -0.05) is 26.7 Å². The van der Waals surface area contributed by atoms with E-state index in [2.05, 4.69) is 19.2 Å². The molecule has 1 N–H and O–H groups in total. The van der Waals surface area contributed by atoms with Crippen LogP contribution in [-0.2, 0) is 4.79 Å². The summed E-state index contributed by atoms with van der Waals surface area (Å²) < 4.78 is 0. The lowest BCUT2D eigenvalue weighted by Crippen LogP contribution is -2.40. The quantitative estimate of drug-likeness (QED) is 0.776. The molecule has 2 fully saturated rings. The van der Waals surface area contributed by atoms with Crippen LogP contribution in [0.25, 0.3) is 0 Å². The molecular weight excluding hydrogens is 198 g/mol. The first-order valence-electron chi connectivity index (χ1n) is 7.01. The van der Waals surface area contributed by atoms with E-state index in [-0.39, 0.29) is 0 Å². The molecule has 2 aliphatic rings. The van der Waals surface area contributed by atoms with Crippen molar-refractivity contribution in [2.45, 2.75) is 70.9 Å². The van der Waals surface area contributed by atoms with Gasteiger partial charge < -0.3 is 5.32 Å². The van der Waals surface area contributed by atoms with Gasteiger partial charge in [0.2, 0.25) is 0 Å². The molecule has 0 aromatic rings. The van der Waals surface area contributed by atoms with Crippen LogP contribution >= 0.6 is 0 Å². The number of Topliss-reactive ketones (excluding diaryl/α,β-unsaturated/α-hetero) is 1. The SMILES string of the molecule is CCC(CC)CC(=O)C1CC2CCC(C1)N2. The van der Waals surface area contributed by atoms with Gasteiger partial charge in [0.05, 0.1) is 0 Å². The lowest BCUT2D eigenvalue weighted by atomic mass is 9.84. The van der Waals surface area contributed by atoms with Crippen LogP contribution in [0.5, 0.6) is 0 Å². The molecule has 2 bridgehead atoms. The number of piperidine rings is 1. The summed E-state index contributed by atoms with van der Waals surface area (Å²) in [6.45, 7) is 4.40. The maximum Gasteiger partial charge on any atom is 0.136 e. The summed E-state index contributed by atoms with van der Waals surface area (Å²) >= 11 is 0. The highest BCUT2D eigenvalue weighted by atomic mass is 16.1.